The van der Waals surface area contributed by atoms with Crippen LogP contribution >= 0.6 is 21.6 Å². The minimum atomic E-state index is -0.355. The summed E-state index contributed by atoms with van der Waals surface area (Å²) in [5.74, 6) is 0.739. The van der Waals surface area contributed by atoms with Crippen molar-refractivity contribution in [2.24, 2.45) is 0 Å². The number of carbonyl (C=O) groups is 1. The van der Waals surface area contributed by atoms with Crippen molar-refractivity contribution in [1.29, 1.82) is 0 Å². The summed E-state index contributed by atoms with van der Waals surface area (Å²) in [5.41, 5.74) is 4.91. The van der Waals surface area contributed by atoms with Crippen LogP contribution in [0.4, 0.5) is 4.79 Å². The van der Waals surface area contributed by atoms with Crippen LogP contribution in [0.2, 0.25) is 0 Å². The molecule has 1 aliphatic rings. The van der Waals surface area contributed by atoms with E-state index in [9.17, 15) is 4.79 Å². The Morgan fingerprint density at radius 2 is 1.70 bits per heavy atom. The molecule has 0 atom stereocenters. The van der Waals surface area contributed by atoms with Gasteiger partial charge in [0, 0.05) is 30.4 Å². The summed E-state index contributed by atoms with van der Waals surface area (Å²) in [7, 11) is 3.44. The van der Waals surface area contributed by atoms with E-state index in [1.165, 1.54) is 22.3 Å². The molecule has 33 heavy (non-hydrogen) atoms. The lowest BCUT2D eigenvalue weighted by atomic mass is 9.98. The third kappa shape index (κ3) is 7.95. The Labute approximate surface area is 205 Å². The van der Waals surface area contributed by atoms with Crippen molar-refractivity contribution >= 4 is 27.7 Å². The molecule has 3 rings (SSSR count). The van der Waals surface area contributed by atoms with E-state index < -0.39 is 0 Å². The molecule has 0 radical (unpaired) electrons. The molecular weight excluding hydrogens is 454 g/mol. The third-order valence-electron chi connectivity index (χ3n) is 5.71. The maximum absolute atomic E-state index is 12.2. The molecule has 7 heteroatoms. The van der Waals surface area contributed by atoms with Gasteiger partial charge >= 0.3 is 6.09 Å². The number of ether oxygens (including phenoxy) is 2. The molecule has 1 aliphatic carbocycles. The second kappa shape index (κ2) is 13.3. The van der Waals surface area contributed by atoms with Crippen LogP contribution < -0.4 is 5.32 Å². The summed E-state index contributed by atoms with van der Waals surface area (Å²) in [4.78, 5) is 12.2. The van der Waals surface area contributed by atoms with Gasteiger partial charge in [0.25, 0.3) is 0 Å². The number of nitrogens with one attached hydrogen (secondary N) is 1. The lowest BCUT2D eigenvalue weighted by Crippen LogP contribution is -2.27. The first-order valence-corrected chi connectivity index (χ1v) is 13.9. The van der Waals surface area contributed by atoms with Crippen LogP contribution in [0.5, 0.6) is 0 Å². The Kier molecular flexibility index (Phi) is 10.4. The van der Waals surface area contributed by atoms with E-state index in [0.717, 1.165) is 32.3 Å². The standard InChI is InChI=1S/C26H35NO4S2/c1-26(2,14-16-28)33-32-19-30-17-9-3-8-15-27-25(29)31-18-24-22-12-6-4-10-20(22)21-11-5-7-13-23(21)24/h4-7,10-13,24,28H,3,8-9,14-19H2,1-2H3,(H,27,29). The third-order valence-corrected chi connectivity index (χ3v) is 8.74. The minimum Gasteiger partial charge on any atom is -0.449 e. The van der Waals surface area contributed by atoms with E-state index in [0.29, 0.717) is 19.1 Å². The Bertz CT molecular complexity index is 845. The number of aliphatic hydroxyl groups is 1. The summed E-state index contributed by atoms with van der Waals surface area (Å²) < 4.78 is 11.3. The lowest BCUT2D eigenvalue weighted by Gasteiger charge is -2.21. The van der Waals surface area contributed by atoms with E-state index >= 15 is 0 Å². The molecule has 0 aliphatic heterocycles. The molecule has 2 aromatic carbocycles. The molecule has 180 valence electrons. The first-order chi connectivity index (χ1) is 16.0. The van der Waals surface area contributed by atoms with Crippen molar-refractivity contribution in [3.05, 3.63) is 59.7 Å². The number of unbranched alkanes of at least 4 members (excludes halogenated alkanes) is 2. The molecule has 0 aromatic heterocycles. The van der Waals surface area contributed by atoms with Crippen molar-refractivity contribution in [3.63, 3.8) is 0 Å². The van der Waals surface area contributed by atoms with Crippen LogP contribution in [0, 0.1) is 0 Å². The van der Waals surface area contributed by atoms with E-state index in [1.54, 1.807) is 21.6 Å². The SMILES string of the molecule is CC(C)(CCO)SSCOCCCCCNC(=O)OCC1c2ccccc2-c2ccccc21. The monoisotopic (exact) mass is 489 g/mol. The minimum absolute atomic E-state index is 0.0631. The average molecular weight is 490 g/mol. The van der Waals surface area contributed by atoms with Gasteiger partial charge in [-0.2, -0.15) is 0 Å². The number of fused-ring (bicyclic) bond motifs is 3. The topological polar surface area (TPSA) is 67.8 Å². The smallest absolute Gasteiger partial charge is 0.407 e. The molecule has 5 nitrogen and oxygen atoms in total. The van der Waals surface area contributed by atoms with Gasteiger partial charge in [-0.1, -0.05) is 70.1 Å². The zero-order valence-corrected chi connectivity index (χ0v) is 21.2. The number of carbonyl (C=O) groups excluding carboxylic acids is 1. The fourth-order valence-corrected chi connectivity index (χ4v) is 6.22. The number of hydrogen-bond acceptors (Lipinski definition) is 6. The molecule has 0 unspecified atom stereocenters. The van der Waals surface area contributed by atoms with Gasteiger partial charge in [-0.3, -0.25) is 0 Å². The molecule has 0 bridgehead atoms. The number of alkyl carbamates (subject to hydrolysis) is 1. The molecule has 2 aromatic rings. The van der Waals surface area contributed by atoms with Gasteiger partial charge in [0.1, 0.15) is 12.5 Å². The van der Waals surface area contributed by atoms with Gasteiger partial charge in [-0.05, 0) is 61.8 Å². The van der Waals surface area contributed by atoms with Crippen LogP contribution in [0.1, 0.15) is 56.6 Å². The molecule has 0 fully saturated rings. The molecule has 1 amide bonds. The van der Waals surface area contributed by atoms with Crippen LogP contribution in [-0.2, 0) is 9.47 Å². The van der Waals surface area contributed by atoms with Crippen LogP contribution in [0.3, 0.4) is 0 Å². The predicted octanol–water partition coefficient (Wildman–Crippen LogP) is 6.21. The van der Waals surface area contributed by atoms with Crippen LogP contribution in [0.15, 0.2) is 48.5 Å². The molecule has 2 N–H and O–H groups in total. The van der Waals surface area contributed by atoms with Gasteiger partial charge < -0.3 is 19.9 Å². The molecule has 0 spiro atoms. The Hall–Kier alpha value is -1.67. The summed E-state index contributed by atoms with van der Waals surface area (Å²) in [6.45, 7) is 6.15. The van der Waals surface area contributed by atoms with E-state index in [2.05, 4.69) is 43.4 Å². The summed E-state index contributed by atoms with van der Waals surface area (Å²) in [6, 6.07) is 16.7. The maximum Gasteiger partial charge on any atom is 0.407 e. The second-order valence-electron chi connectivity index (χ2n) is 8.77. The summed E-state index contributed by atoms with van der Waals surface area (Å²) in [6.07, 6.45) is 3.29. The van der Waals surface area contributed by atoms with Crippen molar-refractivity contribution in [2.45, 2.75) is 50.2 Å². The highest BCUT2D eigenvalue weighted by molar-refractivity contribution is 8.77. The second-order valence-corrected chi connectivity index (χ2v) is 11.7. The molecule has 0 saturated heterocycles. The molecule has 0 heterocycles. The summed E-state index contributed by atoms with van der Waals surface area (Å²) >= 11 is 0. The fraction of sp³-hybridized carbons (Fsp3) is 0.500. The lowest BCUT2D eigenvalue weighted by molar-refractivity contribution is 0.142. The number of amides is 1. The van der Waals surface area contributed by atoms with Crippen molar-refractivity contribution in [3.8, 4) is 11.1 Å². The van der Waals surface area contributed by atoms with Crippen molar-refractivity contribution < 1.29 is 19.4 Å². The van der Waals surface area contributed by atoms with Crippen LogP contribution in [0.25, 0.3) is 11.1 Å². The Morgan fingerprint density at radius 1 is 1.03 bits per heavy atom. The fourth-order valence-electron chi connectivity index (χ4n) is 3.93. The van der Waals surface area contributed by atoms with Gasteiger partial charge in [0.05, 0.1) is 0 Å². The number of rotatable bonds is 14. The summed E-state index contributed by atoms with van der Waals surface area (Å²) in [5, 5.41) is 11.9. The van der Waals surface area contributed by atoms with E-state index in [4.69, 9.17) is 14.6 Å². The van der Waals surface area contributed by atoms with Crippen LogP contribution in [-0.4, -0.2) is 48.3 Å². The van der Waals surface area contributed by atoms with E-state index in [-0.39, 0.29) is 23.4 Å². The first kappa shape index (κ1) is 25.9. The molecule has 0 saturated carbocycles. The zero-order valence-electron chi connectivity index (χ0n) is 19.5. The van der Waals surface area contributed by atoms with E-state index in [1.807, 2.05) is 24.3 Å². The highest BCUT2D eigenvalue weighted by atomic mass is 33.1. The zero-order chi connectivity index (χ0) is 23.5. The predicted molar refractivity (Wildman–Crippen MR) is 139 cm³/mol. The van der Waals surface area contributed by atoms with Crippen molar-refractivity contribution in [1.82, 2.24) is 5.32 Å². The van der Waals surface area contributed by atoms with Gasteiger partial charge in [0.15, 0.2) is 0 Å². The van der Waals surface area contributed by atoms with Crippen molar-refractivity contribution in [2.75, 3.05) is 32.3 Å². The Balaban J connectivity index is 1.25. The highest BCUT2D eigenvalue weighted by Crippen LogP contribution is 2.44. The number of benzene rings is 2. The highest BCUT2D eigenvalue weighted by Gasteiger charge is 2.28. The maximum atomic E-state index is 12.2. The quantitative estimate of drug-likeness (QED) is 0.187. The average Bonchev–Trinajstić information content (AvgIpc) is 3.12. The van der Waals surface area contributed by atoms with Gasteiger partial charge in [0.2, 0.25) is 0 Å². The first-order valence-electron chi connectivity index (χ1n) is 11.6. The molecular formula is C26H35NO4S2. The van der Waals surface area contributed by atoms with Gasteiger partial charge in [-0.25, -0.2) is 4.79 Å². The Morgan fingerprint density at radius 3 is 2.36 bits per heavy atom. The number of hydrogen-bond donors (Lipinski definition) is 2. The van der Waals surface area contributed by atoms with Gasteiger partial charge in [-0.15, -0.1) is 0 Å². The normalized spacial score (nSPS) is 12.9. The number of aliphatic hydroxyl groups excluding tert-OH is 1. The largest absolute Gasteiger partial charge is 0.449 e.